The van der Waals surface area contributed by atoms with E-state index in [-0.39, 0.29) is 12.0 Å². The summed E-state index contributed by atoms with van der Waals surface area (Å²) in [6.07, 6.45) is 8.53. The van der Waals surface area contributed by atoms with Gasteiger partial charge in [0.2, 0.25) is 11.9 Å². The van der Waals surface area contributed by atoms with Gasteiger partial charge in [-0.1, -0.05) is 29.8 Å². The number of ether oxygens (including phenoxy) is 3. The summed E-state index contributed by atoms with van der Waals surface area (Å²) in [6.45, 7) is 5.31. The molecule has 6 rings (SSSR count). The number of carbonyl (C=O) groups excluding carboxylic acids is 1. The van der Waals surface area contributed by atoms with Crippen molar-refractivity contribution in [2.75, 3.05) is 50.0 Å². The number of fused-ring (bicyclic) bond motifs is 3. The molecule has 11 nitrogen and oxygen atoms in total. The van der Waals surface area contributed by atoms with Crippen LogP contribution in [-0.2, 0) is 9.53 Å². The number of hydrogen-bond acceptors (Lipinski definition) is 9. The van der Waals surface area contributed by atoms with Gasteiger partial charge in [-0.15, -0.1) is 0 Å². The molecule has 3 aromatic heterocycles. The smallest absolute Gasteiger partial charge is 0.247 e. The predicted octanol–water partition coefficient (Wildman–Crippen LogP) is 6.75. The zero-order chi connectivity index (χ0) is 31.7. The van der Waals surface area contributed by atoms with E-state index in [2.05, 4.69) is 32.1 Å². The van der Waals surface area contributed by atoms with Crippen molar-refractivity contribution in [3.8, 4) is 22.6 Å². The van der Waals surface area contributed by atoms with E-state index in [0.29, 0.717) is 66.7 Å². The molecule has 1 aliphatic heterocycles. The number of nitrogens with zero attached hydrogens (tertiary/aromatic N) is 5. The highest BCUT2D eigenvalue weighted by atomic mass is 35.5. The highest BCUT2D eigenvalue weighted by Crippen LogP contribution is 2.47. The molecule has 2 N–H and O–H groups in total. The van der Waals surface area contributed by atoms with Crippen molar-refractivity contribution in [1.82, 2.24) is 19.4 Å². The van der Waals surface area contributed by atoms with Crippen LogP contribution < -0.4 is 25.0 Å². The Morgan fingerprint density at radius 3 is 2.40 bits per heavy atom. The molecule has 45 heavy (non-hydrogen) atoms. The molecule has 2 aromatic carbocycles. The van der Waals surface area contributed by atoms with Crippen molar-refractivity contribution < 1.29 is 19.0 Å². The molecule has 1 fully saturated rings. The number of methoxy groups -OCH3 is 3. The molecule has 0 saturated carbocycles. The van der Waals surface area contributed by atoms with Crippen LogP contribution in [-0.4, -0.2) is 65.8 Å². The van der Waals surface area contributed by atoms with Gasteiger partial charge in [0.05, 0.1) is 41.7 Å². The number of rotatable bonds is 9. The third kappa shape index (κ3) is 5.82. The van der Waals surface area contributed by atoms with Gasteiger partial charge in [-0.2, -0.15) is 4.98 Å². The van der Waals surface area contributed by atoms with Gasteiger partial charge < -0.3 is 29.7 Å². The molecule has 0 aliphatic carbocycles. The van der Waals surface area contributed by atoms with Crippen molar-refractivity contribution >= 4 is 68.8 Å². The van der Waals surface area contributed by atoms with Crippen molar-refractivity contribution in [2.45, 2.75) is 18.9 Å². The molecule has 0 spiro atoms. The van der Waals surface area contributed by atoms with E-state index in [0.717, 1.165) is 31.6 Å². The fourth-order valence-corrected chi connectivity index (χ4v) is 6.24. The van der Waals surface area contributed by atoms with Crippen LogP contribution >= 0.6 is 23.2 Å². The molecule has 0 atom stereocenters. The number of halogens is 2. The highest BCUT2D eigenvalue weighted by molar-refractivity contribution is 6.41. The van der Waals surface area contributed by atoms with Gasteiger partial charge in [0.25, 0.3) is 0 Å². The van der Waals surface area contributed by atoms with Crippen LogP contribution in [0.5, 0.6) is 11.5 Å². The third-order valence-corrected chi connectivity index (χ3v) is 8.63. The monoisotopic (exact) mass is 647 g/mol. The lowest BCUT2D eigenvalue weighted by Crippen LogP contribution is -2.36. The summed E-state index contributed by atoms with van der Waals surface area (Å²) >= 11 is 13.5. The number of hydrogen-bond donors (Lipinski definition) is 2. The summed E-state index contributed by atoms with van der Waals surface area (Å²) in [5, 5.41) is 7.55. The first-order valence-corrected chi connectivity index (χ1v) is 15.0. The van der Waals surface area contributed by atoms with Crippen molar-refractivity contribution in [2.24, 2.45) is 0 Å². The summed E-state index contributed by atoms with van der Waals surface area (Å²) in [5.74, 6) is 0.829. The fourth-order valence-electron chi connectivity index (χ4n) is 5.53. The van der Waals surface area contributed by atoms with Gasteiger partial charge in [-0.3, -0.25) is 9.20 Å². The number of carbonyl (C=O) groups is 1. The second kappa shape index (κ2) is 12.8. The number of aromatic nitrogens is 4. The standard InChI is InChI=1S/C32H31Cl2N7O4/c1-5-26(42)37-23-15-19(40-11-8-20(43-2)9-12-40)6-7-22(23)38-32-36-17-18-14-21(31-35-10-13-41(31)30(18)39-32)27-28(33)24(44-3)16-25(45-4)29(27)34/h5-7,10,13-17,20H,1,8-9,11-12H2,2-4H3,(H,37,42)(H,36,38,39). The predicted molar refractivity (Wildman–Crippen MR) is 178 cm³/mol. The number of imidazole rings is 1. The van der Waals surface area contributed by atoms with Crippen LogP contribution in [0.2, 0.25) is 10.0 Å². The van der Waals surface area contributed by atoms with E-state index in [1.54, 1.807) is 31.8 Å². The molecule has 1 amide bonds. The van der Waals surface area contributed by atoms with Crippen LogP contribution in [0.25, 0.3) is 27.8 Å². The number of anilines is 4. The van der Waals surface area contributed by atoms with Gasteiger partial charge in [0, 0.05) is 67.1 Å². The van der Waals surface area contributed by atoms with E-state index in [1.807, 2.05) is 28.7 Å². The summed E-state index contributed by atoms with van der Waals surface area (Å²) in [7, 11) is 4.80. The lowest BCUT2D eigenvalue weighted by atomic mass is 10.0. The highest BCUT2D eigenvalue weighted by Gasteiger charge is 2.23. The molecule has 1 saturated heterocycles. The molecule has 5 aromatic rings. The maximum absolute atomic E-state index is 12.4. The Morgan fingerprint density at radius 1 is 1.00 bits per heavy atom. The van der Waals surface area contributed by atoms with E-state index >= 15 is 0 Å². The molecular formula is C32H31Cl2N7O4. The van der Waals surface area contributed by atoms with E-state index in [1.165, 1.54) is 20.3 Å². The maximum Gasteiger partial charge on any atom is 0.247 e. The van der Waals surface area contributed by atoms with Gasteiger partial charge in [-0.05, 0) is 43.2 Å². The summed E-state index contributed by atoms with van der Waals surface area (Å²) in [4.78, 5) is 28.6. The number of pyridine rings is 1. The van der Waals surface area contributed by atoms with Crippen LogP contribution in [0.1, 0.15) is 12.8 Å². The van der Waals surface area contributed by atoms with Crippen LogP contribution in [0.15, 0.2) is 61.6 Å². The fraction of sp³-hybridized carbons (Fsp3) is 0.250. The van der Waals surface area contributed by atoms with E-state index < -0.39 is 0 Å². The number of benzene rings is 2. The van der Waals surface area contributed by atoms with Gasteiger partial charge in [-0.25, -0.2) is 9.97 Å². The van der Waals surface area contributed by atoms with E-state index in [4.69, 9.17) is 42.4 Å². The second-order valence-corrected chi connectivity index (χ2v) is 11.2. The van der Waals surface area contributed by atoms with Crippen LogP contribution in [0.4, 0.5) is 23.0 Å². The molecule has 0 unspecified atom stereocenters. The second-order valence-electron chi connectivity index (χ2n) is 10.4. The lowest BCUT2D eigenvalue weighted by Gasteiger charge is -2.33. The molecular weight excluding hydrogens is 617 g/mol. The molecule has 4 heterocycles. The van der Waals surface area contributed by atoms with Crippen LogP contribution in [0, 0.1) is 0 Å². The first-order chi connectivity index (χ1) is 21.8. The lowest BCUT2D eigenvalue weighted by molar-refractivity contribution is -0.111. The SMILES string of the molecule is C=CC(=O)Nc1cc(N2CCC(OC)CC2)ccc1Nc1ncc2cc(-c3c(Cl)c(OC)cc(OC)c3Cl)c3nccn3c2n1. The van der Waals surface area contributed by atoms with Crippen molar-refractivity contribution in [3.63, 3.8) is 0 Å². The quantitative estimate of drug-likeness (QED) is 0.168. The molecule has 13 heteroatoms. The number of piperidine rings is 1. The Labute approximate surface area is 269 Å². The average Bonchev–Trinajstić information content (AvgIpc) is 3.57. The first kappa shape index (κ1) is 30.4. The number of nitrogens with one attached hydrogen (secondary N) is 2. The van der Waals surface area contributed by atoms with Gasteiger partial charge in [0.15, 0.2) is 5.65 Å². The third-order valence-electron chi connectivity index (χ3n) is 7.88. The molecule has 1 aliphatic rings. The minimum absolute atomic E-state index is 0.262. The minimum Gasteiger partial charge on any atom is -0.495 e. The van der Waals surface area contributed by atoms with Crippen molar-refractivity contribution in [3.05, 3.63) is 71.6 Å². The van der Waals surface area contributed by atoms with E-state index in [9.17, 15) is 4.79 Å². The Balaban J connectivity index is 1.39. The van der Waals surface area contributed by atoms with Crippen molar-refractivity contribution in [1.29, 1.82) is 0 Å². The topological polar surface area (TPSA) is 115 Å². The normalized spacial score (nSPS) is 13.7. The first-order valence-electron chi connectivity index (χ1n) is 14.2. The molecule has 0 bridgehead atoms. The van der Waals surface area contributed by atoms with Gasteiger partial charge in [0.1, 0.15) is 17.1 Å². The Morgan fingerprint density at radius 2 is 1.73 bits per heavy atom. The van der Waals surface area contributed by atoms with Gasteiger partial charge >= 0.3 is 0 Å². The van der Waals surface area contributed by atoms with Crippen LogP contribution in [0.3, 0.4) is 0 Å². The Hall–Kier alpha value is -4.58. The maximum atomic E-state index is 12.4. The molecule has 0 radical (unpaired) electrons. The zero-order valence-corrected chi connectivity index (χ0v) is 26.4. The summed E-state index contributed by atoms with van der Waals surface area (Å²) in [6, 6.07) is 9.37. The largest absolute Gasteiger partial charge is 0.495 e. The summed E-state index contributed by atoms with van der Waals surface area (Å²) < 4.78 is 18.3. The number of amides is 1. The minimum atomic E-state index is -0.327. The zero-order valence-electron chi connectivity index (χ0n) is 24.9. The Bertz CT molecular complexity index is 1890. The summed E-state index contributed by atoms with van der Waals surface area (Å²) in [5.41, 5.74) is 4.54. The average molecular weight is 649 g/mol. The Kier molecular flexibility index (Phi) is 8.66. The molecule has 232 valence electrons.